The number of pyridine rings is 1. The van der Waals surface area contributed by atoms with E-state index in [0.29, 0.717) is 22.5 Å². The van der Waals surface area contributed by atoms with E-state index in [-0.39, 0.29) is 17.1 Å². The van der Waals surface area contributed by atoms with Crippen LogP contribution in [0.5, 0.6) is 0 Å². The van der Waals surface area contributed by atoms with Crippen LogP contribution in [0.3, 0.4) is 0 Å². The number of carbonyl (C=O) groups is 2. The zero-order valence-electron chi connectivity index (χ0n) is 14.1. The number of carbonyl (C=O) groups excluding carboxylic acids is 2. The van der Waals surface area contributed by atoms with Gasteiger partial charge in [0.05, 0.1) is 28.6 Å². The standard InChI is InChI=1S/C17H15ClF3N3O2S/c1-24(9-14(25)23-13-7-3-2-6-12(13)18)16(26)11-5-4-8-22-15(11)27-10-17(19,20)21/h2-8H,9-10H2,1H3,(H,23,25). The Balaban J connectivity index is 2.04. The van der Waals surface area contributed by atoms with Crippen molar-refractivity contribution in [2.75, 3.05) is 24.7 Å². The van der Waals surface area contributed by atoms with Crippen molar-refractivity contribution < 1.29 is 22.8 Å². The Kier molecular flexibility index (Phi) is 7.09. The molecule has 0 saturated carbocycles. The van der Waals surface area contributed by atoms with Gasteiger partial charge in [-0.2, -0.15) is 13.2 Å². The van der Waals surface area contributed by atoms with E-state index in [4.69, 9.17) is 11.6 Å². The van der Waals surface area contributed by atoms with Gasteiger partial charge in [0.2, 0.25) is 5.91 Å². The molecule has 0 aliphatic carbocycles. The maximum atomic E-state index is 12.5. The summed E-state index contributed by atoms with van der Waals surface area (Å²) in [5.74, 6) is -2.27. The number of hydrogen-bond donors (Lipinski definition) is 1. The molecule has 1 N–H and O–H groups in total. The number of aromatic nitrogens is 1. The molecule has 2 aromatic rings. The van der Waals surface area contributed by atoms with Gasteiger partial charge in [0.15, 0.2) is 0 Å². The molecule has 1 aromatic heterocycles. The fourth-order valence-corrected chi connectivity index (χ4v) is 2.99. The summed E-state index contributed by atoms with van der Waals surface area (Å²) in [6.45, 7) is -0.303. The normalized spacial score (nSPS) is 11.1. The highest BCUT2D eigenvalue weighted by molar-refractivity contribution is 7.99. The number of halogens is 4. The average molecular weight is 418 g/mol. The van der Waals surface area contributed by atoms with E-state index < -0.39 is 23.7 Å². The first-order valence-corrected chi connectivity index (χ1v) is 8.98. The number of nitrogens with zero attached hydrogens (tertiary/aromatic N) is 2. The molecule has 144 valence electrons. The lowest BCUT2D eigenvalue weighted by Crippen LogP contribution is -2.35. The third-order valence-electron chi connectivity index (χ3n) is 3.25. The molecule has 0 unspecified atom stereocenters. The summed E-state index contributed by atoms with van der Waals surface area (Å²) in [7, 11) is 1.37. The first kappa shape index (κ1) is 21.0. The quantitative estimate of drug-likeness (QED) is 0.719. The van der Waals surface area contributed by atoms with Gasteiger partial charge in [-0.3, -0.25) is 9.59 Å². The summed E-state index contributed by atoms with van der Waals surface area (Å²) in [5, 5.41) is 2.87. The van der Waals surface area contributed by atoms with Gasteiger partial charge in [-0.05, 0) is 24.3 Å². The van der Waals surface area contributed by atoms with Gasteiger partial charge in [0.1, 0.15) is 5.03 Å². The highest BCUT2D eigenvalue weighted by Crippen LogP contribution is 2.28. The SMILES string of the molecule is CN(CC(=O)Nc1ccccc1Cl)C(=O)c1cccnc1SCC(F)(F)F. The second-order valence-electron chi connectivity index (χ2n) is 5.45. The number of amides is 2. The van der Waals surface area contributed by atoms with Crippen LogP contribution in [-0.2, 0) is 4.79 Å². The number of nitrogens with one attached hydrogen (secondary N) is 1. The molecular weight excluding hydrogens is 403 g/mol. The molecule has 0 bridgehead atoms. The van der Waals surface area contributed by atoms with Crippen LogP contribution in [0.4, 0.5) is 18.9 Å². The molecule has 10 heteroatoms. The summed E-state index contributed by atoms with van der Waals surface area (Å²) < 4.78 is 37.3. The van der Waals surface area contributed by atoms with Gasteiger partial charge >= 0.3 is 6.18 Å². The zero-order chi connectivity index (χ0) is 20.0. The molecule has 0 spiro atoms. The lowest BCUT2D eigenvalue weighted by Gasteiger charge is -2.18. The Morgan fingerprint density at radius 3 is 2.59 bits per heavy atom. The third-order valence-corrected chi connectivity index (χ3v) is 4.65. The monoisotopic (exact) mass is 417 g/mol. The number of likely N-dealkylation sites (N-methyl/N-ethyl adjacent to an activating group) is 1. The minimum Gasteiger partial charge on any atom is -0.332 e. The Labute approximate surface area is 162 Å². The van der Waals surface area contributed by atoms with Gasteiger partial charge in [0.25, 0.3) is 5.91 Å². The molecule has 1 heterocycles. The predicted octanol–water partition coefficient (Wildman–Crippen LogP) is 4.10. The van der Waals surface area contributed by atoms with Crippen LogP contribution < -0.4 is 5.32 Å². The summed E-state index contributed by atoms with van der Waals surface area (Å²) in [5.41, 5.74) is 0.396. The largest absolute Gasteiger partial charge is 0.398 e. The van der Waals surface area contributed by atoms with Crippen LogP contribution in [-0.4, -0.2) is 47.2 Å². The minimum atomic E-state index is -4.39. The van der Waals surface area contributed by atoms with Crippen molar-refractivity contribution in [2.45, 2.75) is 11.2 Å². The lowest BCUT2D eigenvalue weighted by molar-refractivity contribution is -0.116. The van der Waals surface area contributed by atoms with Gasteiger partial charge in [-0.1, -0.05) is 35.5 Å². The van der Waals surface area contributed by atoms with Crippen molar-refractivity contribution in [1.29, 1.82) is 0 Å². The molecule has 5 nitrogen and oxygen atoms in total. The van der Waals surface area contributed by atoms with Gasteiger partial charge in [-0.25, -0.2) is 4.98 Å². The molecule has 0 fully saturated rings. The maximum absolute atomic E-state index is 12.5. The first-order chi connectivity index (χ1) is 12.7. The van der Waals surface area contributed by atoms with Gasteiger partial charge < -0.3 is 10.2 Å². The molecule has 2 amide bonds. The lowest BCUT2D eigenvalue weighted by atomic mass is 10.2. The van der Waals surface area contributed by atoms with Crippen molar-refractivity contribution in [2.24, 2.45) is 0 Å². The van der Waals surface area contributed by atoms with E-state index in [1.165, 1.54) is 25.4 Å². The highest BCUT2D eigenvalue weighted by atomic mass is 35.5. The highest BCUT2D eigenvalue weighted by Gasteiger charge is 2.29. The van der Waals surface area contributed by atoms with E-state index in [1.54, 1.807) is 24.3 Å². The van der Waals surface area contributed by atoms with Crippen LogP contribution >= 0.6 is 23.4 Å². The van der Waals surface area contributed by atoms with E-state index in [1.807, 2.05) is 0 Å². The molecule has 1 aromatic carbocycles. The molecule has 0 saturated heterocycles. The number of rotatable bonds is 6. The Morgan fingerprint density at radius 2 is 1.93 bits per heavy atom. The molecular formula is C17H15ClF3N3O2S. The molecule has 0 aliphatic rings. The Morgan fingerprint density at radius 1 is 1.22 bits per heavy atom. The zero-order valence-corrected chi connectivity index (χ0v) is 15.7. The van der Waals surface area contributed by atoms with Crippen LogP contribution in [0, 0.1) is 0 Å². The summed E-state index contributed by atoms with van der Waals surface area (Å²) in [4.78, 5) is 29.6. The van der Waals surface area contributed by atoms with E-state index in [2.05, 4.69) is 10.3 Å². The second-order valence-corrected chi connectivity index (χ2v) is 6.82. The van der Waals surface area contributed by atoms with E-state index >= 15 is 0 Å². The fraction of sp³-hybridized carbons (Fsp3) is 0.235. The fourth-order valence-electron chi connectivity index (χ4n) is 2.06. The molecule has 27 heavy (non-hydrogen) atoms. The van der Waals surface area contributed by atoms with Crippen molar-refractivity contribution in [3.8, 4) is 0 Å². The number of alkyl halides is 3. The first-order valence-electron chi connectivity index (χ1n) is 7.62. The van der Waals surface area contributed by atoms with Crippen LogP contribution in [0.15, 0.2) is 47.6 Å². The molecule has 0 radical (unpaired) electrons. The predicted molar refractivity (Wildman–Crippen MR) is 98.1 cm³/mol. The number of benzene rings is 1. The topological polar surface area (TPSA) is 62.3 Å². The second kappa shape index (κ2) is 9.09. The van der Waals surface area contributed by atoms with E-state index in [9.17, 15) is 22.8 Å². The Bertz CT molecular complexity index is 833. The maximum Gasteiger partial charge on any atom is 0.398 e. The van der Waals surface area contributed by atoms with Crippen molar-refractivity contribution in [3.63, 3.8) is 0 Å². The van der Waals surface area contributed by atoms with Gasteiger partial charge in [-0.15, -0.1) is 0 Å². The smallest absolute Gasteiger partial charge is 0.332 e. The van der Waals surface area contributed by atoms with Crippen LogP contribution in [0.1, 0.15) is 10.4 Å². The molecule has 0 aliphatic heterocycles. The number of para-hydroxylation sites is 1. The van der Waals surface area contributed by atoms with Crippen molar-refractivity contribution in [3.05, 3.63) is 53.2 Å². The van der Waals surface area contributed by atoms with Gasteiger partial charge in [0, 0.05) is 13.2 Å². The summed E-state index contributed by atoms with van der Waals surface area (Å²) >= 11 is 6.38. The summed E-state index contributed by atoms with van der Waals surface area (Å²) in [6, 6.07) is 9.42. The minimum absolute atomic E-state index is 0.000191. The van der Waals surface area contributed by atoms with Crippen molar-refractivity contribution in [1.82, 2.24) is 9.88 Å². The number of hydrogen-bond acceptors (Lipinski definition) is 4. The van der Waals surface area contributed by atoms with Crippen LogP contribution in [0.2, 0.25) is 5.02 Å². The average Bonchev–Trinajstić information content (AvgIpc) is 2.61. The van der Waals surface area contributed by atoms with Crippen molar-refractivity contribution >= 4 is 40.9 Å². The van der Waals surface area contributed by atoms with Crippen LogP contribution in [0.25, 0.3) is 0 Å². The molecule has 2 rings (SSSR count). The number of thioether (sulfide) groups is 1. The Hall–Kier alpha value is -2.26. The number of anilines is 1. The summed E-state index contributed by atoms with van der Waals surface area (Å²) in [6.07, 6.45) is -3.08. The van der Waals surface area contributed by atoms with E-state index in [0.717, 1.165) is 4.90 Å². The third kappa shape index (κ3) is 6.44. The molecule has 0 atom stereocenters.